The van der Waals surface area contributed by atoms with Crippen molar-refractivity contribution in [2.45, 2.75) is 31.7 Å². The van der Waals surface area contributed by atoms with E-state index in [0.29, 0.717) is 24.5 Å². The number of piperazine rings is 1. The summed E-state index contributed by atoms with van der Waals surface area (Å²) in [5.74, 6) is -1.06. The molecule has 3 rings (SSSR count). The van der Waals surface area contributed by atoms with Crippen molar-refractivity contribution >= 4 is 23.2 Å². The third-order valence-electron chi connectivity index (χ3n) is 4.00. The highest BCUT2D eigenvalue weighted by Gasteiger charge is 2.33. The van der Waals surface area contributed by atoms with Crippen LogP contribution in [0.2, 0.25) is 0 Å². The summed E-state index contributed by atoms with van der Waals surface area (Å²) in [4.78, 5) is 27.3. The third kappa shape index (κ3) is 2.45. The fourth-order valence-corrected chi connectivity index (χ4v) is 4.12. The van der Waals surface area contributed by atoms with Crippen LogP contribution in [0.3, 0.4) is 0 Å². The molecule has 6 heteroatoms. The van der Waals surface area contributed by atoms with Gasteiger partial charge in [0.25, 0.3) is 5.91 Å². The molecule has 0 spiro atoms. The maximum Gasteiger partial charge on any atom is 0.327 e. The van der Waals surface area contributed by atoms with Crippen molar-refractivity contribution in [1.29, 1.82) is 0 Å². The standard InChI is InChI=1S/C14H18N2O3S/c17-13(16-6-5-15-8-10(16)14(18)19)12-7-9-3-1-2-4-11(9)20-12/h7,10,15H,1-6,8H2,(H,18,19). The van der Waals surface area contributed by atoms with Crippen LogP contribution in [0.25, 0.3) is 0 Å². The van der Waals surface area contributed by atoms with Crippen molar-refractivity contribution in [3.8, 4) is 0 Å². The summed E-state index contributed by atoms with van der Waals surface area (Å²) in [6, 6.07) is 1.22. The molecule has 5 nitrogen and oxygen atoms in total. The van der Waals surface area contributed by atoms with Gasteiger partial charge in [-0.2, -0.15) is 0 Å². The van der Waals surface area contributed by atoms with Gasteiger partial charge in [0.05, 0.1) is 4.88 Å². The Morgan fingerprint density at radius 2 is 2.15 bits per heavy atom. The first-order valence-corrected chi connectivity index (χ1v) is 7.84. The fourth-order valence-electron chi connectivity index (χ4n) is 2.91. The van der Waals surface area contributed by atoms with Crippen LogP contribution in [0.15, 0.2) is 6.07 Å². The van der Waals surface area contributed by atoms with E-state index in [2.05, 4.69) is 5.32 Å². The first-order chi connectivity index (χ1) is 9.66. The second-order valence-corrected chi connectivity index (χ2v) is 6.46. The second kappa shape index (κ2) is 5.54. The highest BCUT2D eigenvalue weighted by Crippen LogP contribution is 2.30. The second-order valence-electron chi connectivity index (χ2n) is 5.32. The lowest BCUT2D eigenvalue weighted by molar-refractivity contribution is -0.142. The van der Waals surface area contributed by atoms with Gasteiger partial charge in [0.1, 0.15) is 6.04 Å². The molecule has 108 valence electrons. The van der Waals surface area contributed by atoms with E-state index in [-0.39, 0.29) is 5.91 Å². The summed E-state index contributed by atoms with van der Waals surface area (Å²) < 4.78 is 0. The lowest BCUT2D eigenvalue weighted by atomic mass is 9.99. The Labute approximate surface area is 121 Å². The van der Waals surface area contributed by atoms with Crippen molar-refractivity contribution in [3.05, 3.63) is 21.4 Å². The molecule has 20 heavy (non-hydrogen) atoms. The molecule has 1 aromatic rings. The number of rotatable bonds is 2. The molecule has 2 aliphatic rings. The molecule has 2 heterocycles. The number of carboxylic acid groups (broad SMARTS) is 1. The Balaban J connectivity index is 1.83. The zero-order valence-corrected chi connectivity index (χ0v) is 12.0. The molecule has 0 saturated carbocycles. The zero-order valence-electron chi connectivity index (χ0n) is 11.2. The van der Waals surface area contributed by atoms with Crippen LogP contribution in [-0.4, -0.2) is 47.6 Å². The average Bonchev–Trinajstić information content (AvgIpc) is 2.90. The molecule has 2 N–H and O–H groups in total. The minimum absolute atomic E-state index is 0.127. The number of thiophene rings is 1. The van der Waals surface area contributed by atoms with Gasteiger partial charge in [0.15, 0.2) is 0 Å². The third-order valence-corrected chi connectivity index (χ3v) is 5.22. The van der Waals surface area contributed by atoms with Crippen molar-refractivity contribution in [2.24, 2.45) is 0 Å². The molecular formula is C14H18N2O3S. The molecule has 0 radical (unpaired) electrons. The number of aryl methyl sites for hydroxylation is 2. The van der Waals surface area contributed by atoms with Gasteiger partial charge in [-0.25, -0.2) is 4.79 Å². The summed E-state index contributed by atoms with van der Waals surface area (Å²) in [5, 5.41) is 12.3. The van der Waals surface area contributed by atoms with E-state index in [1.165, 1.54) is 28.2 Å². The minimum atomic E-state index is -0.938. The van der Waals surface area contributed by atoms with Crippen LogP contribution in [-0.2, 0) is 17.6 Å². The van der Waals surface area contributed by atoms with Gasteiger partial charge in [-0.1, -0.05) is 0 Å². The summed E-state index contributed by atoms with van der Waals surface area (Å²) in [6.45, 7) is 1.44. The summed E-state index contributed by atoms with van der Waals surface area (Å²) in [7, 11) is 0. The number of carboxylic acids is 1. The predicted molar refractivity (Wildman–Crippen MR) is 76.3 cm³/mol. The zero-order chi connectivity index (χ0) is 14.1. The molecule has 1 aliphatic heterocycles. The first kappa shape index (κ1) is 13.6. The number of hydrogen-bond donors (Lipinski definition) is 2. The van der Waals surface area contributed by atoms with E-state index in [4.69, 9.17) is 0 Å². The maximum absolute atomic E-state index is 12.6. The van der Waals surface area contributed by atoms with Gasteiger partial charge in [-0.15, -0.1) is 11.3 Å². The van der Waals surface area contributed by atoms with E-state index >= 15 is 0 Å². The highest BCUT2D eigenvalue weighted by atomic mass is 32.1. The number of carbonyl (C=O) groups is 2. The van der Waals surface area contributed by atoms with Crippen LogP contribution >= 0.6 is 11.3 Å². The molecule has 1 amide bonds. The van der Waals surface area contributed by atoms with Gasteiger partial charge >= 0.3 is 5.97 Å². The normalized spacial score (nSPS) is 22.4. The van der Waals surface area contributed by atoms with E-state index in [1.54, 1.807) is 11.3 Å². The molecule has 1 aliphatic carbocycles. The number of nitrogens with one attached hydrogen (secondary N) is 1. The molecule has 1 saturated heterocycles. The van der Waals surface area contributed by atoms with Crippen LogP contribution in [0.5, 0.6) is 0 Å². The van der Waals surface area contributed by atoms with Crippen molar-refractivity contribution in [2.75, 3.05) is 19.6 Å². The van der Waals surface area contributed by atoms with Crippen molar-refractivity contribution in [3.63, 3.8) is 0 Å². The Bertz CT molecular complexity index is 517. The van der Waals surface area contributed by atoms with Crippen LogP contribution < -0.4 is 5.32 Å². The van der Waals surface area contributed by atoms with Gasteiger partial charge < -0.3 is 15.3 Å². The Kier molecular flexibility index (Phi) is 3.76. The van der Waals surface area contributed by atoms with Crippen LogP contribution in [0.1, 0.15) is 33.0 Å². The van der Waals surface area contributed by atoms with Crippen LogP contribution in [0, 0.1) is 0 Å². The molecule has 1 aromatic heterocycles. The molecule has 1 unspecified atom stereocenters. The molecule has 1 fully saturated rings. The van der Waals surface area contributed by atoms with Gasteiger partial charge in [0, 0.05) is 24.5 Å². The molecule has 1 atom stereocenters. The molecule has 0 aromatic carbocycles. The summed E-state index contributed by atoms with van der Waals surface area (Å²) >= 11 is 1.55. The highest BCUT2D eigenvalue weighted by molar-refractivity contribution is 7.14. The fraction of sp³-hybridized carbons (Fsp3) is 0.571. The van der Waals surface area contributed by atoms with Gasteiger partial charge in [-0.3, -0.25) is 4.79 Å². The number of fused-ring (bicyclic) bond motifs is 1. The maximum atomic E-state index is 12.6. The number of hydrogen-bond acceptors (Lipinski definition) is 4. The van der Waals surface area contributed by atoms with Gasteiger partial charge in [-0.05, 0) is 37.3 Å². The smallest absolute Gasteiger partial charge is 0.327 e. The van der Waals surface area contributed by atoms with Crippen LogP contribution in [0.4, 0.5) is 0 Å². The van der Waals surface area contributed by atoms with Gasteiger partial charge in [0.2, 0.25) is 0 Å². The SMILES string of the molecule is O=C(O)C1CNCCN1C(=O)c1cc2c(s1)CCCC2. The number of nitrogens with zero attached hydrogens (tertiary/aromatic N) is 1. The molecule has 0 bridgehead atoms. The van der Waals surface area contributed by atoms with E-state index in [9.17, 15) is 14.7 Å². The topological polar surface area (TPSA) is 69.6 Å². The molecular weight excluding hydrogens is 276 g/mol. The quantitative estimate of drug-likeness (QED) is 0.858. The summed E-state index contributed by atoms with van der Waals surface area (Å²) in [5.41, 5.74) is 1.28. The summed E-state index contributed by atoms with van der Waals surface area (Å²) in [6.07, 6.45) is 4.47. The Hall–Kier alpha value is -1.40. The minimum Gasteiger partial charge on any atom is -0.480 e. The number of aliphatic carboxylic acids is 1. The van der Waals surface area contributed by atoms with Crippen molar-refractivity contribution < 1.29 is 14.7 Å². The lowest BCUT2D eigenvalue weighted by Crippen LogP contribution is -2.56. The van der Waals surface area contributed by atoms with E-state index in [0.717, 1.165) is 12.8 Å². The Morgan fingerprint density at radius 1 is 1.35 bits per heavy atom. The first-order valence-electron chi connectivity index (χ1n) is 7.03. The van der Waals surface area contributed by atoms with Crippen molar-refractivity contribution in [1.82, 2.24) is 10.2 Å². The Morgan fingerprint density at radius 3 is 2.90 bits per heavy atom. The largest absolute Gasteiger partial charge is 0.480 e. The van der Waals surface area contributed by atoms with E-state index in [1.807, 2.05) is 6.07 Å². The average molecular weight is 294 g/mol. The monoisotopic (exact) mass is 294 g/mol. The predicted octanol–water partition coefficient (Wildman–Crippen LogP) is 1.13. The number of carbonyl (C=O) groups excluding carboxylic acids is 1. The van der Waals surface area contributed by atoms with E-state index < -0.39 is 12.0 Å². The number of amides is 1. The lowest BCUT2D eigenvalue weighted by Gasteiger charge is -2.33.